The zero-order valence-corrected chi connectivity index (χ0v) is 12.7. The van der Waals surface area contributed by atoms with E-state index < -0.39 is 5.60 Å². The van der Waals surface area contributed by atoms with Crippen molar-refractivity contribution < 1.29 is 9.50 Å². The van der Waals surface area contributed by atoms with E-state index in [0.29, 0.717) is 20.6 Å². The van der Waals surface area contributed by atoms with E-state index in [1.807, 2.05) is 0 Å². The number of rotatable bonds is 3. The maximum Gasteiger partial charge on any atom is 0.127 e. The third-order valence-electron chi connectivity index (χ3n) is 3.00. The van der Waals surface area contributed by atoms with Crippen molar-refractivity contribution in [1.82, 2.24) is 0 Å². The Balaban J connectivity index is 2.30. The Labute approximate surface area is 125 Å². The van der Waals surface area contributed by atoms with Gasteiger partial charge < -0.3 is 5.11 Å². The van der Waals surface area contributed by atoms with Crippen LogP contribution in [-0.4, -0.2) is 5.11 Å². The van der Waals surface area contributed by atoms with Crippen molar-refractivity contribution in [3.8, 4) is 0 Å². The molecule has 4 heteroatoms. The summed E-state index contributed by atoms with van der Waals surface area (Å²) in [5, 5.41) is 11.1. The molecule has 1 unspecified atom stereocenters. The molecule has 2 aromatic rings. The molecule has 0 fully saturated rings. The molecule has 0 spiro atoms. The van der Waals surface area contributed by atoms with Crippen LogP contribution in [0.1, 0.15) is 18.1 Å². The quantitative estimate of drug-likeness (QED) is 0.857. The maximum atomic E-state index is 13.8. The molecule has 100 valence electrons. The first-order chi connectivity index (χ1) is 8.88. The molecule has 0 saturated carbocycles. The van der Waals surface area contributed by atoms with Crippen molar-refractivity contribution in [2.45, 2.75) is 18.9 Å². The van der Waals surface area contributed by atoms with Crippen LogP contribution >= 0.6 is 27.5 Å². The molecule has 0 aliphatic heterocycles. The van der Waals surface area contributed by atoms with Gasteiger partial charge in [-0.05, 0) is 42.3 Å². The molecule has 0 aliphatic rings. The predicted octanol–water partition coefficient (Wildman–Crippen LogP) is 4.69. The predicted molar refractivity (Wildman–Crippen MR) is 78.8 cm³/mol. The number of aliphatic hydroxyl groups is 1. The van der Waals surface area contributed by atoms with Gasteiger partial charge in [0.2, 0.25) is 0 Å². The highest BCUT2D eigenvalue weighted by atomic mass is 79.9. The van der Waals surface area contributed by atoms with E-state index in [1.165, 1.54) is 6.07 Å². The van der Waals surface area contributed by atoms with Crippen LogP contribution in [-0.2, 0) is 12.0 Å². The fourth-order valence-electron chi connectivity index (χ4n) is 1.96. The Morgan fingerprint density at radius 2 is 2.00 bits per heavy atom. The second-order valence-electron chi connectivity index (χ2n) is 4.70. The second kappa shape index (κ2) is 5.61. The molecular weight excluding hydrogens is 331 g/mol. The van der Waals surface area contributed by atoms with E-state index in [0.717, 1.165) is 0 Å². The lowest BCUT2D eigenvalue weighted by molar-refractivity contribution is 0.0567. The Morgan fingerprint density at radius 3 is 2.63 bits per heavy atom. The zero-order valence-electron chi connectivity index (χ0n) is 10.3. The third kappa shape index (κ3) is 3.56. The van der Waals surface area contributed by atoms with Gasteiger partial charge in [-0.1, -0.05) is 45.7 Å². The fraction of sp³-hybridized carbons (Fsp3) is 0.200. The zero-order chi connectivity index (χ0) is 14.0. The van der Waals surface area contributed by atoms with Gasteiger partial charge in [-0.15, -0.1) is 0 Å². The lowest BCUT2D eigenvalue weighted by Gasteiger charge is -2.24. The molecule has 0 saturated heterocycles. The summed E-state index contributed by atoms with van der Waals surface area (Å²) in [6, 6.07) is 11.8. The summed E-state index contributed by atoms with van der Waals surface area (Å²) in [7, 11) is 0. The standard InChI is InChI=1S/C15H13BrClFO/c1-15(19,11-3-2-4-13(17)7-11)9-10-5-6-12(16)8-14(10)18/h2-8,19H,9H2,1H3. The SMILES string of the molecule is CC(O)(Cc1ccc(Br)cc1F)c1cccc(Cl)c1. The highest BCUT2D eigenvalue weighted by Gasteiger charge is 2.25. The molecule has 2 aromatic carbocycles. The smallest absolute Gasteiger partial charge is 0.127 e. The van der Waals surface area contributed by atoms with Crippen LogP contribution < -0.4 is 0 Å². The lowest BCUT2D eigenvalue weighted by atomic mass is 9.89. The Hall–Kier alpha value is -0.900. The van der Waals surface area contributed by atoms with Crippen molar-refractivity contribution in [2.24, 2.45) is 0 Å². The summed E-state index contributed by atoms with van der Waals surface area (Å²) < 4.78 is 14.5. The molecule has 0 bridgehead atoms. The van der Waals surface area contributed by atoms with Crippen molar-refractivity contribution in [2.75, 3.05) is 0 Å². The molecule has 19 heavy (non-hydrogen) atoms. The minimum atomic E-state index is -1.17. The minimum absolute atomic E-state index is 0.187. The highest BCUT2D eigenvalue weighted by Crippen LogP contribution is 2.29. The second-order valence-corrected chi connectivity index (χ2v) is 6.05. The highest BCUT2D eigenvalue weighted by molar-refractivity contribution is 9.10. The molecular formula is C15H13BrClFO. The van der Waals surface area contributed by atoms with Crippen molar-refractivity contribution >= 4 is 27.5 Å². The van der Waals surface area contributed by atoms with Crippen LogP contribution in [0.2, 0.25) is 5.02 Å². The van der Waals surface area contributed by atoms with Gasteiger partial charge in [0.25, 0.3) is 0 Å². The van der Waals surface area contributed by atoms with E-state index >= 15 is 0 Å². The van der Waals surface area contributed by atoms with Gasteiger partial charge in [0, 0.05) is 15.9 Å². The number of benzene rings is 2. The topological polar surface area (TPSA) is 20.2 Å². The summed E-state index contributed by atoms with van der Waals surface area (Å²) >= 11 is 9.12. The fourth-order valence-corrected chi connectivity index (χ4v) is 2.48. The Morgan fingerprint density at radius 1 is 1.26 bits per heavy atom. The third-order valence-corrected chi connectivity index (χ3v) is 3.72. The first-order valence-corrected chi connectivity index (χ1v) is 6.98. The Bertz CT molecular complexity index is 598. The van der Waals surface area contributed by atoms with E-state index in [1.54, 1.807) is 43.3 Å². The average molecular weight is 344 g/mol. The van der Waals surface area contributed by atoms with Gasteiger partial charge >= 0.3 is 0 Å². The van der Waals surface area contributed by atoms with Crippen LogP contribution in [0, 0.1) is 5.82 Å². The monoisotopic (exact) mass is 342 g/mol. The average Bonchev–Trinajstić information content (AvgIpc) is 2.33. The molecule has 0 aromatic heterocycles. The summed E-state index contributed by atoms with van der Waals surface area (Å²) in [4.78, 5) is 0. The van der Waals surface area contributed by atoms with E-state index in [2.05, 4.69) is 15.9 Å². The summed E-state index contributed by atoms with van der Waals surface area (Å²) in [6.45, 7) is 1.65. The molecule has 0 radical (unpaired) electrons. The number of hydrogen-bond acceptors (Lipinski definition) is 1. The van der Waals surface area contributed by atoms with Gasteiger partial charge in [0.15, 0.2) is 0 Å². The summed E-state index contributed by atoms with van der Waals surface area (Å²) in [6.07, 6.45) is 0.187. The summed E-state index contributed by atoms with van der Waals surface area (Å²) in [5.74, 6) is -0.336. The first kappa shape index (κ1) is 14.5. The van der Waals surface area contributed by atoms with Crippen molar-refractivity contribution in [3.63, 3.8) is 0 Å². The van der Waals surface area contributed by atoms with Gasteiger partial charge in [-0.25, -0.2) is 4.39 Å². The molecule has 2 rings (SSSR count). The minimum Gasteiger partial charge on any atom is -0.385 e. The van der Waals surface area contributed by atoms with Crippen LogP contribution in [0.4, 0.5) is 4.39 Å². The molecule has 1 nitrogen and oxygen atoms in total. The molecule has 1 atom stereocenters. The first-order valence-electron chi connectivity index (χ1n) is 5.81. The lowest BCUT2D eigenvalue weighted by Crippen LogP contribution is -2.24. The van der Waals surface area contributed by atoms with Crippen LogP contribution in [0.5, 0.6) is 0 Å². The molecule has 0 amide bonds. The molecule has 0 heterocycles. The molecule has 0 aliphatic carbocycles. The number of halogens is 3. The van der Waals surface area contributed by atoms with Crippen molar-refractivity contribution in [3.05, 3.63) is 68.9 Å². The van der Waals surface area contributed by atoms with Gasteiger partial charge in [0.1, 0.15) is 5.82 Å². The van der Waals surface area contributed by atoms with E-state index in [-0.39, 0.29) is 12.2 Å². The molecule has 1 N–H and O–H groups in total. The number of hydrogen-bond donors (Lipinski definition) is 1. The van der Waals surface area contributed by atoms with Crippen LogP contribution in [0.3, 0.4) is 0 Å². The van der Waals surface area contributed by atoms with Crippen LogP contribution in [0.25, 0.3) is 0 Å². The van der Waals surface area contributed by atoms with Crippen LogP contribution in [0.15, 0.2) is 46.9 Å². The normalized spacial score (nSPS) is 14.2. The van der Waals surface area contributed by atoms with Gasteiger partial charge in [0.05, 0.1) is 5.60 Å². The van der Waals surface area contributed by atoms with Gasteiger partial charge in [-0.2, -0.15) is 0 Å². The van der Waals surface area contributed by atoms with E-state index in [9.17, 15) is 9.50 Å². The maximum absolute atomic E-state index is 13.8. The van der Waals surface area contributed by atoms with Gasteiger partial charge in [-0.3, -0.25) is 0 Å². The van der Waals surface area contributed by atoms with E-state index in [4.69, 9.17) is 11.6 Å². The van der Waals surface area contributed by atoms with Crippen molar-refractivity contribution in [1.29, 1.82) is 0 Å². The Kier molecular flexibility index (Phi) is 4.29. The largest absolute Gasteiger partial charge is 0.385 e. The summed E-state index contributed by atoms with van der Waals surface area (Å²) in [5.41, 5.74) is -0.0324.